The predicted molar refractivity (Wildman–Crippen MR) is 71.5 cm³/mol. The van der Waals surface area contributed by atoms with Crippen molar-refractivity contribution in [3.8, 4) is 0 Å². The lowest BCUT2D eigenvalue weighted by Crippen LogP contribution is -2.45. The van der Waals surface area contributed by atoms with Gasteiger partial charge in [-0.2, -0.15) is 5.10 Å². The average molecular weight is 277 g/mol. The number of fused-ring (bicyclic) bond motifs is 1. The van der Waals surface area contributed by atoms with Crippen molar-refractivity contribution in [2.45, 2.75) is 57.7 Å². The number of amides is 1. The number of carbonyl (C=O) groups is 2. The molecule has 0 spiro atoms. The number of aromatic nitrogens is 2. The summed E-state index contributed by atoms with van der Waals surface area (Å²) in [5.74, 6) is -1.13. The summed E-state index contributed by atoms with van der Waals surface area (Å²) >= 11 is 0. The maximum absolute atomic E-state index is 12.7. The Morgan fingerprint density at radius 1 is 1.45 bits per heavy atom. The van der Waals surface area contributed by atoms with Gasteiger partial charge < -0.3 is 10.0 Å². The van der Waals surface area contributed by atoms with E-state index in [4.69, 9.17) is 0 Å². The van der Waals surface area contributed by atoms with Crippen LogP contribution in [0.25, 0.3) is 0 Å². The fourth-order valence-corrected chi connectivity index (χ4v) is 2.87. The normalized spacial score (nSPS) is 19.2. The molecule has 0 radical (unpaired) electrons. The van der Waals surface area contributed by atoms with Gasteiger partial charge in [0.1, 0.15) is 6.04 Å². The molecule has 1 aromatic rings. The summed E-state index contributed by atoms with van der Waals surface area (Å²) in [6, 6.07) is -0.707. The highest BCUT2D eigenvalue weighted by Crippen LogP contribution is 2.31. The number of hydrogen-bond acceptors (Lipinski definition) is 3. The molecule has 1 aliphatic carbocycles. The third-order valence-electron chi connectivity index (χ3n) is 4.16. The molecule has 6 heteroatoms. The van der Waals surface area contributed by atoms with E-state index in [9.17, 15) is 14.7 Å². The lowest BCUT2D eigenvalue weighted by Gasteiger charge is -2.27. The quantitative estimate of drug-likeness (QED) is 0.900. The number of aryl methyl sites for hydroxylation is 1. The third kappa shape index (κ3) is 2.19. The van der Waals surface area contributed by atoms with Gasteiger partial charge in [0.25, 0.3) is 5.91 Å². The van der Waals surface area contributed by atoms with Crippen LogP contribution in [0.5, 0.6) is 0 Å². The summed E-state index contributed by atoms with van der Waals surface area (Å²) < 4.78 is 1.88. The molecule has 2 aliphatic rings. The molecule has 1 fully saturated rings. The zero-order valence-electron chi connectivity index (χ0n) is 11.6. The molecular weight excluding hydrogens is 258 g/mol. The monoisotopic (exact) mass is 277 g/mol. The first-order chi connectivity index (χ1) is 9.59. The van der Waals surface area contributed by atoms with Crippen LogP contribution in [0.15, 0.2) is 6.20 Å². The van der Waals surface area contributed by atoms with Crippen LogP contribution in [0, 0.1) is 0 Å². The molecule has 1 amide bonds. The predicted octanol–water partition coefficient (Wildman–Crippen LogP) is 1.30. The van der Waals surface area contributed by atoms with Crippen molar-refractivity contribution in [2.24, 2.45) is 0 Å². The number of carboxylic acid groups (broad SMARTS) is 1. The molecule has 1 N–H and O–H groups in total. The molecule has 1 aromatic heterocycles. The van der Waals surface area contributed by atoms with Crippen molar-refractivity contribution in [1.82, 2.24) is 14.7 Å². The van der Waals surface area contributed by atoms with E-state index in [1.165, 1.54) is 4.90 Å². The van der Waals surface area contributed by atoms with Gasteiger partial charge in [-0.3, -0.25) is 9.48 Å². The van der Waals surface area contributed by atoms with Gasteiger partial charge in [0, 0.05) is 12.6 Å². The van der Waals surface area contributed by atoms with E-state index >= 15 is 0 Å². The Balaban J connectivity index is 1.90. The molecule has 6 nitrogen and oxygen atoms in total. The van der Waals surface area contributed by atoms with Gasteiger partial charge in [0.05, 0.1) is 17.5 Å². The second-order valence-electron chi connectivity index (χ2n) is 5.64. The highest BCUT2D eigenvalue weighted by Gasteiger charge is 2.40. The Bertz CT molecular complexity index is 548. The SMILES string of the molecule is CC(C(=O)O)N(C(=O)c1cnn2c1CCCC2)C1CC1. The van der Waals surface area contributed by atoms with Crippen LogP contribution in [0.1, 0.15) is 48.7 Å². The Labute approximate surface area is 117 Å². The number of rotatable bonds is 4. The second-order valence-corrected chi connectivity index (χ2v) is 5.64. The van der Waals surface area contributed by atoms with Gasteiger partial charge >= 0.3 is 5.97 Å². The van der Waals surface area contributed by atoms with E-state index in [1.54, 1.807) is 13.1 Å². The first-order valence-electron chi connectivity index (χ1n) is 7.19. The number of aliphatic carboxylic acids is 1. The van der Waals surface area contributed by atoms with Crippen molar-refractivity contribution < 1.29 is 14.7 Å². The second kappa shape index (κ2) is 4.92. The summed E-state index contributed by atoms with van der Waals surface area (Å²) in [6.07, 6.45) is 6.39. The average Bonchev–Trinajstić information content (AvgIpc) is 3.17. The van der Waals surface area contributed by atoms with Gasteiger partial charge in [0.15, 0.2) is 0 Å². The van der Waals surface area contributed by atoms with Gasteiger partial charge in [-0.25, -0.2) is 4.79 Å². The number of carbonyl (C=O) groups excluding carboxylic acids is 1. The Hall–Kier alpha value is -1.85. The van der Waals surface area contributed by atoms with Crippen LogP contribution in [-0.2, 0) is 17.8 Å². The molecule has 108 valence electrons. The minimum Gasteiger partial charge on any atom is -0.480 e. The zero-order chi connectivity index (χ0) is 14.3. The largest absolute Gasteiger partial charge is 0.480 e. The van der Waals surface area contributed by atoms with Crippen molar-refractivity contribution in [1.29, 1.82) is 0 Å². The zero-order valence-corrected chi connectivity index (χ0v) is 11.6. The van der Waals surface area contributed by atoms with Crippen LogP contribution in [0.3, 0.4) is 0 Å². The summed E-state index contributed by atoms with van der Waals surface area (Å²) in [7, 11) is 0. The Morgan fingerprint density at radius 2 is 2.20 bits per heavy atom. The molecule has 1 atom stereocenters. The lowest BCUT2D eigenvalue weighted by atomic mass is 10.1. The van der Waals surface area contributed by atoms with Gasteiger partial charge in [0.2, 0.25) is 0 Å². The number of nitrogens with zero attached hydrogens (tertiary/aromatic N) is 3. The fraction of sp³-hybridized carbons (Fsp3) is 0.643. The summed E-state index contributed by atoms with van der Waals surface area (Å²) in [5.41, 5.74) is 1.55. The molecule has 0 bridgehead atoms. The van der Waals surface area contributed by atoms with E-state index < -0.39 is 12.0 Å². The summed E-state index contributed by atoms with van der Waals surface area (Å²) in [6.45, 7) is 2.43. The van der Waals surface area contributed by atoms with Crippen LogP contribution in [-0.4, -0.2) is 43.7 Å². The van der Waals surface area contributed by atoms with Gasteiger partial charge in [-0.05, 0) is 39.0 Å². The van der Waals surface area contributed by atoms with Crippen molar-refractivity contribution in [3.63, 3.8) is 0 Å². The highest BCUT2D eigenvalue weighted by atomic mass is 16.4. The molecule has 3 rings (SSSR count). The standard InChI is InChI=1S/C14H19N3O3/c1-9(14(19)20)17(10-5-6-10)13(18)11-8-15-16-7-3-2-4-12(11)16/h8-10H,2-7H2,1H3,(H,19,20). The Kier molecular flexibility index (Phi) is 3.23. The van der Waals surface area contributed by atoms with Gasteiger partial charge in [-0.15, -0.1) is 0 Å². The third-order valence-corrected chi connectivity index (χ3v) is 4.16. The molecule has 0 saturated heterocycles. The fourth-order valence-electron chi connectivity index (χ4n) is 2.87. The number of carboxylic acids is 1. The smallest absolute Gasteiger partial charge is 0.326 e. The van der Waals surface area contributed by atoms with Crippen molar-refractivity contribution in [3.05, 3.63) is 17.5 Å². The van der Waals surface area contributed by atoms with Crippen LogP contribution in [0.4, 0.5) is 0 Å². The van der Waals surface area contributed by atoms with E-state index in [0.717, 1.165) is 44.3 Å². The topological polar surface area (TPSA) is 75.4 Å². The van der Waals surface area contributed by atoms with Crippen molar-refractivity contribution in [2.75, 3.05) is 0 Å². The molecule has 2 heterocycles. The highest BCUT2D eigenvalue weighted by molar-refractivity contribution is 5.97. The van der Waals surface area contributed by atoms with Crippen LogP contribution >= 0.6 is 0 Å². The lowest BCUT2D eigenvalue weighted by molar-refractivity contribution is -0.141. The molecule has 1 aliphatic heterocycles. The summed E-state index contributed by atoms with van der Waals surface area (Å²) in [4.78, 5) is 25.5. The number of hydrogen-bond donors (Lipinski definition) is 1. The maximum atomic E-state index is 12.7. The Morgan fingerprint density at radius 3 is 2.85 bits per heavy atom. The van der Waals surface area contributed by atoms with Gasteiger partial charge in [-0.1, -0.05) is 0 Å². The van der Waals surface area contributed by atoms with Crippen LogP contribution in [0.2, 0.25) is 0 Å². The van der Waals surface area contributed by atoms with E-state index in [0.29, 0.717) is 5.56 Å². The first kappa shape index (κ1) is 13.1. The van der Waals surface area contributed by atoms with Crippen LogP contribution < -0.4 is 0 Å². The molecule has 1 saturated carbocycles. The van der Waals surface area contributed by atoms with E-state index in [-0.39, 0.29) is 11.9 Å². The summed E-state index contributed by atoms with van der Waals surface area (Å²) in [5, 5.41) is 13.5. The molecule has 20 heavy (non-hydrogen) atoms. The molecule has 1 unspecified atom stereocenters. The molecule has 0 aromatic carbocycles. The van der Waals surface area contributed by atoms with E-state index in [2.05, 4.69) is 5.10 Å². The minimum atomic E-state index is -0.953. The minimum absolute atomic E-state index is 0.0766. The maximum Gasteiger partial charge on any atom is 0.326 e. The molecular formula is C14H19N3O3. The van der Waals surface area contributed by atoms with E-state index in [1.807, 2.05) is 4.68 Å². The first-order valence-corrected chi connectivity index (χ1v) is 7.19. The van der Waals surface area contributed by atoms with Crippen molar-refractivity contribution >= 4 is 11.9 Å².